The highest BCUT2D eigenvalue weighted by Crippen LogP contribution is 2.27. The first kappa shape index (κ1) is 20.7. The average Bonchev–Trinajstić information content (AvgIpc) is 2.95. The molecule has 2 heterocycles. The zero-order valence-electron chi connectivity index (χ0n) is 17.0. The lowest BCUT2D eigenvalue weighted by Gasteiger charge is -2.17. The topological polar surface area (TPSA) is 101 Å². The molecule has 3 aromatic rings. The number of fused-ring (bicyclic) bond motifs is 1. The SMILES string of the molecule is Cc1cccc(C(=O)N[C@@H](C)C(=O)O[C@H](C)c2nc3sc(C)c(C)c3c(=O)[nH]2)c1. The summed E-state index contributed by atoms with van der Waals surface area (Å²) >= 11 is 1.43. The number of hydrogen-bond donors (Lipinski definition) is 2. The molecule has 1 amide bonds. The lowest BCUT2D eigenvalue weighted by atomic mass is 10.1. The van der Waals surface area contributed by atoms with Gasteiger partial charge in [-0.05, 0) is 52.3 Å². The minimum atomic E-state index is -0.854. The zero-order chi connectivity index (χ0) is 21.3. The molecule has 0 saturated heterocycles. The number of aromatic amines is 1. The van der Waals surface area contributed by atoms with Gasteiger partial charge in [0.2, 0.25) is 0 Å². The van der Waals surface area contributed by atoms with Crippen LogP contribution in [0.3, 0.4) is 0 Å². The number of aromatic nitrogens is 2. The molecule has 7 nitrogen and oxygen atoms in total. The van der Waals surface area contributed by atoms with Gasteiger partial charge in [-0.25, -0.2) is 9.78 Å². The molecule has 0 aliphatic heterocycles. The molecule has 0 aliphatic rings. The van der Waals surface area contributed by atoms with Crippen LogP contribution in [0.4, 0.5) is 0 Å². The molecule has 2 atom stereocenters. The summed E-state index contributed by atoms with van der Waals surface area (Å²) in [7, 11) is 0. The second-order valence-corrected chi connectivity index (χ2v) is 8.26. The first-order valence-electron chi connectivity index (χ1n) is 9.25. The van der Waals surface area contributed by atoms with E-state index >= 15 is 0 Å². The van der Waals surface area contributed by atoms with Crippen molar-refractivity contribution in [1.29, 1.82) is 0 Å². The highest BCUT2D eigenvalue weighted by Gasteiger charge is 2.23. The molecular weight excluding hydrogens is 390 g/mol. The summed E-state index contributed by atoms with van der Waals surface area (Å²) in [5.74, 6) is -0.697. The van der Waals surface area contributed by atoms with Gasteiger partial charge in [0.25, 0.3) is 11.5 Å². The lowest BCUT2D eigenvalue weighted by molar-refractivity contribution is -0.150. The number of aryl methyl sites for hydroxylation is 3. The fraction of sp³-hybridized carbons (Fsp3) is 0.333. The van der Waals surface area contributed by atoms with Crippen LogP contribution >= 0.6 is 11.3 Å². The van der Waals surface area contributed by atoms with Crippen LogP contribution in [0.15, 0.2) is 29.1 Å². The quantitative estimate of drug-likeness (QED) is 0.625. The molecule has 0 unspecified atom stereocenters. The van der Waals surface area contributed by atoms with E-state index in [9.17, 15) is 14.4 Å². The second kappa shape index (κ2) is 8.16. The predicted molar refractivity (Wildman–Crippen MR) is 112 cm³/mol. The Labute approximate surface area is 172 Å². The standard InChI is InChI=1S/C21H23N3O4S/c1-10-7-6-8-15(9-10)18(25)22-12(3)21(27)28-13(4)17-23-19(26)16-11(2)14(5)29-20(16)24-17/h6-9,12-13H,1-5H3,(H,22,25)(H,23,24,26)/t12-,13+/m0/s1. The maximum absolute atomic E-state index is 12.4. The minimum absolute atomic E-state index is 0.254. The van der Waals surface area contributed by atoms with Gasteiger partial charge in [-0.2, -0.15) is 0 Å². The molecule has 152 valence electrons. The van der Waals surface area contributed by atoms with Crippen molar-refractivity contribution >= 4 is 33.4 Å². The second-order valence-electron chi connectivity index (χ2n) is 7.06. The Kier molecular flexibility index (Phi) is 5.83. The fourth-order valence-corrected chi connectivity index (χ4v) is 3.96. The Morgan fingerprint density at radius 1 is 1.21 bits per heavy atom. The monoisotopic (exact) mass is 413 g/mol. The van der Waals surface area contributed by atoms with Crippen molar-refractivity contribution in [2.75, 3.05) is 0 Å². The number of amides is 1. The normalized spacial score (nSPS) is 13.1. The van der Waals surface area contributed by atoms with Crippen LogP contribution in [0.5, 0.6) is 0 Å². The van der Waals surface area contributed by atoms with E-state index in [-0.39, 0.29) is 17.3 Å². The van der Waals surface area contributed by atoms with Crippen LogP contribution in [0, 0.1) is 20.8 Å². The molecule has 0 fully saturated rings. The maximum Gasteiger partial charge on any atom is 0.329 e. The minimum Gasteiger partial charge on any atom is -0.453 e. The van der Waals surface area contributed by atoms with Crippen molar-refractivity contribution in [3.63, 3.8) is 0 Å². The van der Waals surface area contributed by atoms with Gasteiger partial charge in [0, 0.05) is 10.4 Å². The van der Waals surface area contributed by atoms with Gasteiger partial charge in [0.1, 0.15) is 10.9 Å². The largest absolute Gasteiger partial charge is 0.453 e. The number of benzene rings is 1. The van der Waals surface area contributed by atoms with Crippen LogP contribution in [-0.4, -0.2) is 27.9 Å². The number of carbonyl (C=O) groups excluding carboxylic acids is 2. The van der Waals surface area contributed by atoms with Gasteiger partial charge in [-0.1, -0.05) is 17.7 Å². The summed E-state index contributed by atoms with van der Waals surface area (Å²) in [6, 6.07) is 6.23. The summed E-state index contributed by atoms with van der Waals surface area (Å²) in [5, 5.41) is 3.19. The van der Waals surface area contributed by atoms with E-state index < -0.39 is 18.1 Å². The number of esters is 1. The number of nitrogens with zero attached hydrogens (tertiary/aromatic N) is 1. The van der Waals surface area contributed by atoms with E-state index in [0.29, 0.717) is 15.8 Å². The van der Waals surface area contributed by atoms with Crippen molar-refractivity contribution in [2.45, 2.75) is 46.8 Å². The van der Waals surface area contributed by atoms with Crippen molar-refractivity contribution in [3.8, 4) is 0 Å². The first-order valence-corrected chi connectivity index (χ1v) is 10.1. The van der Waals surface area contributed by atoms with E-state index in [1.165, 1.54) is 11.3 Å². The van der Waals surface area contributed by atoms with E-state index in [4.69, 9.17) is 4.74 Å². The predicted octanol–water partition coefficient (Wildman–Crippen LogP) is 3.33. The molecule has 0 spiro atoms. The number of hydrogen-bond acceptors (Lipinski definition) is 6. The number of thiophene rings is 1. The molecule has 0 bridgehead atoms. The van der Waals surface area contributed by atoms with Crippen molar-refractivity contribution in [2.24, 2.45) is 0 Å². The highest BCUT2D eigenvalue weighted by atomic mass is 32.1. The third-order valence-corrected chi connectivity index (χ3v) is 5.82. The first-order chi connectivity index (χ1) is 13.7. The Morgan fingerprint density at radius 2 is 1.93 bits per heavy atom. The Bertz CT molecular complexity index is 1150. The van der Waals surface area contributed by atoms with E-state index in [0.717, 1.165) is 16.0 Å². The molecule has 0 radical (unpaired) electrons. The van der Waals surface area contributed by atoms with Crippen LogP contribution in [0.25, 0.3) is 10.2 Å². The van der Waals surface area contributed by atoms with Crippen molar-refractivity contribution in [3.05, 3.63) is 62.0 Å². The zero-order valence-corrected chi connectivity index (χ0v) is 17.8. The molecular formula is C21H23N3O4S. The van der Waals surface area contributed by atoms with Crippen LogP contribution < -0.4 is 10.9 Å². The van der Waals surface area contributed by atoms with Gasteiger partial charge in [-0.15, -0.1) is 11.3 Å². The van der Waals surface area contributed by atoms with Crippen LogP contribution in [0.1, 0.15) is 52.1 Å². The number of rotatable bonds is 5. The van der Waals surface area contributed by atoms with Gasteiger partial charge in [0.15, 0.2) is 11.9 Å². The molecule has 1 aromatic carbocycles. The van der Waals surface area contributed by atoms with E-state index in [1.807, 2.05) is 26.8 Å². The lowest BCUT2D eigenvalue weighted by Crippen LogP contribution is -2.40. The molecule has 2 N–H and O–H groups in total. The van der Waals surface area contributed by atoms with Gasteiger partial charge in [0.05, 0.1) is 5.39 Å². The van der Waals surface area contributed by atoms with Crippen LogP contribution in [-0.2, 0) is 9.53 Å². The average molecular weight is 413 g/mol. The highest BCUT2D eigenvalue weighted by molar-refractivity contribution is 7.18. The molecule has 0 aliphatic carbocycles. The summed E-state index contributed by atoms with van der Waals surface area (Å²) in [4.78, 5) is 45.9. The number of H-pyrrole nitrogens is 1. The molecule has 8 heteroatoms. The fourth-order valence-electron chi connectivity index (χ4n) is 2.92. The smallest absolute Gasteiger partial charge is 0.329 e. The van der Waals surface area contributed by atoms with Crippen molar-refractivity contribution in [1.82, 2.24) is 15.3 Å². The molecule has 2 aromatic heterocycles. The number of nitrogens with one attached hydrogen (secondary N) is 2. The Balaban J connectivity index is 1.70. The van der Waals surface area contributed by atoms with Gasteiger partial charge in [-0.3, -0.25) is 9.59 Å². The maximum atomic E-state index is 12.4. The van der Waals surface area contributed by atoms with Gasteiger partial charge >= 0.3 is 5.97 Å². The van der Waals surface area contributed by atoms with E-state index in [1.54, 1.807) is 32.0 Å². The summed E-state index contributed by atoms with van der Waals surface area (Å²) in [6.07, 6.45) is -0.763. The van der Waals surface area contributed by atoms with E-state index in [2.05, 4.69) is 15.3 Å². The summed E-state index contributed by atoms with van der Waals surface area (Å²) in [5.41, 5.74) is 2.07. The molecule has 29 heavy (non-hydrogen) atoms. The Hall–Kier alpha value is -3.00. The van der Waals surface area contributed by atoms with Gasteiger partial charge < -0.3 is 15.0 Å². The number of ether oxygens (including phenoxy) is 1. The molecule has 0 saturated carbocycles. The third kappa shape index (κ3) is 4.37. The number of carbonyl (C=O) groups is 2. The van der Waals surface area contributed by atoms with Crippen LogP contribution in [0.2, 0.25) is 0 Å². The van der Waals surface area contributed by atoms with Crippen molar-refractivity contribution < 1.29 is 14.3 Å². The summed E-state index contributed by atoms with van der Waals surface area (Å²) < 4.78 is 5.42. The Morgan fingerprint density at radius 3 is 2.62 bits per heavy atom. The summed E-state index contributed by atoms with van der Waals surface area (Å²) in [6.45, 7) is 8.88. The molecule has 3 rings (SSSR count). The third-order valence-electron chi connectivity index (χ3n) is 4.72.